The Hall–Kier alpha value is -2.62. The first-order chi connectivity index (χ1) is 17.2. The zero-order chi connectivity index (χ0) is 25.4. The summed E-state index contributed by atoms with van der Waals surface area (Å²) < 4.78 is 21.6. The Labute approximate surface area is 217 Å². The van der Waals surface area contributed by atoms with Crippen molar-refractivity contribution in [2.75, 3.05) is 13.1 Å². The number of amides is 2. The van der Waals surface area contributed by atoms with Crippen LogP contribution in [0.3, 0.4) is 0 Å². The van der Waals surface area contributed by atoms with E-state index < -0.39 is 12.3 Å². The van der Waals surface area contributed by atoms with E-state index in [4.69, 9.17) is 16.3 Å². The van der Waals surface area contributed by atoms with E-state index in [1.165, 1.54) is 22.6 Å². The van der Waals surface area contributed by atoms with Crippen LogP contribution in [0.25, 0.3) is 21.5 Å². The minimum atomic E-state index is -1.12. The molecule has 2 unspecified atom stereocenters. The SMILES string of the molecule is Cc1cc(Cl)cc(-c2ncnc3cc(CN4C(=O)C5C(C4=O)C5(C)C)sc23)c1O[C@@H]1CCNC[C@@H]1F. The lowest BCUT2D eigenvalue weighted by Gasteiger charge is -2.29. The number of aromatic nitrogens is 2. The lowest BCUT2D eigenvalue weighted by atomic mass is 10.0. The molecule has 3 fully saturated rings. The fraction of sp³-hybridized carbons (Fsp3) is 0.462. The molecule has 0 spiro atoms. The third-order valence-electron chi connectivity index (χ3n) is 7.68. The standard InChI is InChI=1S/C26H26ClFN4O3S/c1-12-6-13(27)7-15(22(12)35-18-4-5-29-9-16(18)28)21-23-17(30-11-31-21)8-14(36-23)10-32-24(33)19-20(25(32)34)26(19,2)3/h6-8,11,16,18-20,29H,4-5,9-10H2,1-3H3/t16-,18+,19?,20?/m0/s1. The van der Waals surface area contributed by atoms with Crippen LogP contribution in [0.1, 0.15) is 30.7 Å². The van der Waals surface area contributed by atoms with Gasteiger partial charge in [-0.15, -0.1) is 11.3 Å². The number of carbonyl (C=O) groups excluding carboxylic acids is 2. The molecule has 4 atom stereocenters. The van der Waals surface area contributed by atoms with E-state index in [9.17, 15) is 14.0 Å². The van der Waals surface area contributed by atoms with Crippen LogP contribution in [0.2, 0.25) is 5.02 Å². The maximum absolute atomic E-state index is 14.6. The number of alkyl halides is 1. The summed E-state index contributed by atoms with van der Waals surface area (Å²) in [7, 11) is 0. The number of benzene rings is 1. The number of thiophene rings is 1. The number of aryl methyl sites for hydroxylation is 1. The molecule has 1 aromatic carbocycles. The highest BCUT2D eigenvalue weighted by molar-refractivity contribution is 7.19. The molecule has 0 radical (unpaired) electrons. The number of nitrogens with one attached hydrogen (secondary N) is 1. The number of nitrogens with zero attached hydrogens (tertiary/aromatic N) is 3. The molecule has 2 saturated heterocycles. The second kappa shape index (κ2) is 8.46. The zero-order valence-electron chi connectivity index (χ0n) is 20.2. The Morgan fingerprint density at radius 1 is 1.22 bits per heavy atom. The number of ether oxygens (including phenoxy) is 1. The molecule has 36 heavy (non-hydrogen) atoms. The van der Waals surface area contributed by atoms with Crippen molar-refractivity contribution in [3.05, 3.63) is 40.0 Å². The molecule has 2 aliphatic heterocycles. The third-order valence-corrected chi connectivity index (χ3v) is 9.01. The first-order valence-electron chi connectivity index (χ1n) is 12.1. The molecule has 1 N–H and O–H groups in total. The molecule has 4 heterocycles. The lowest BCUT2D eigenvalue weighted by Crippen LogP contribution is -2.44. The number of fused-ring (bicyclic) bond motifs is 2. The Morgan fingerprint density at radius 2 is 1.97 bits per heavy atom. The average molecular weight is 529 g/mol. The van der Waals surface area contributed by atoms with Crippen molar-refractivity contribution in [3.8, 4) is 17.0 Å². The van der Waals surface area contributed by atoms with E-state index in [2.05, 4.69) is 15.3 Å². The van der Waals surface area contributed by atoms with Crippen molar-refractivity contribution in [1.82, 2.24) is 20.2 Å². The molecular formula is C26H26ClFN4O3S. The topological polar surface area (TPSA) is 84.4 Å². The number of hydrogen-bond acceptors (Lipinski definition) is 7. The quantitative estimate of drug-likeness (QED) is 0.489. The largest absolute Gasteiger partial charge is 0.486 e. The first kappa shape index (κ1) is 23.8. The van der Waals surface area contributed by atoms with Gasteiger partial charge < -0.3 is 10.1 Å². The molecule has 1 aliphatic carbocycles. The second-order valence-corrected chi connectivity index (χ2v) is 12.0. The van der Waals surface area contributed by atoms with E-state index in [-0.39, 0.29) is 42.2 Å². The molecule has 1 saturated carbocycles. The van der Waals surface area contributed by atoms with Crippen LogP contribution >= 0.6 is 22.9 Å². The number of likely N-dealkylation sites (tertiary alicyclic amines) is 1. The van der Waals surface area contributed by atoms with Crippen molar-refractivity contribution < 1.29 is 18.7 Å². The van der Waals surface area contributed by atoms with Gasteiger partial charge in [0.2, 0.25) is 11.8 Å². The summed E-state index contributed by atoms with van der Waals surface area (Å²) in [5.41, 5.74) is 2.56. The summed E-state index contributed by atoms with van der Waals surface area (Å²) in [6, 6.07) is 5.47. The Bertz CT molecular complexity index is 1390. The highest BCUT2D eigenvalue weighted by Crippen LogP contribution is 2.63. The Kier molecular flexibility index (Phi) is 5.59. The van der Waals surface area contributed by atoms with Crippen LogP contribution in [0.5, 0.6) is 5.75 Å². The molecule has 0 bridgehead atoms. The van der Waals surface area contributed by atoms with E-state index in [1.807, 2.05) is 26.8 Å². The van der Waals surface area contributed by atoms with Crippen LogP contribution in [0.15, 0.2) is 24.5 Å². The van der Waals surface area contributed by atoms with Gasteiger partial charge in [0.25, 0.3) is 0 Å². The fourth-order valence-corrected chi connectivity index (χ4v) is 7.01. The van der Waals surface area contributed by atoms with E-state index in [0.29, 0.717) is 40.5 Å². The first-order valence-corrected chi connectivity index (χ1v) is 13.3. The Balaban J connectivity index is 1.36. The highest BCUT2D eigenvalue weighted by Gasteiger charge is 2.72. The molecule has 6 rings (SSSR count). The lowest BCUT2D eigenvalue weighted by molar-refractivity contribution is -0.143. The molecule has 2 aromatic heterocycles. The summed E-state index contributed by atoms with van der Waals surface area (Å²) in [4.78, 5) is 36.8. The molecule has 188 valence electrons. The molecule has 10 heteroatoms. The van der Waals surface area contributed by atoms with Crippen molar-refractivity contribution in [1.29, 1.82) is 0 Å². The maximum Gasteiger partial charge on any atom is 0.234 e. The summed E-state index contributed by atoms with van der Waals surface area (Å²) in [5.74, 6) is -0.0576. The van der Waals surface area contributed by atoms with Gasteiger partial charge in [0.05, 0.1) is 34.3 Å². The summed E-state index contributed by atoms with van der Waals surface area (Å²) in [5, 5.41) is 3.57. The number of piperidine rings is 2. The zero-order valence-corrected chi connectivity index (χ0v) is 21.8. The van der Waals surface area contributed by atoms with Crippen molar-refractivity contribution in [3.63, 3.8) is 0 Å². The average Bonchev–Trinajstić information content (AvgIpc) is 3.08. The van der Waals surface area contributed by atoms with Gasteiger partial charge in [0.15, 0.2) is 0 Å². The highest BCUT2D eigenvalue weighted by atomic mass is 35.5. The van der Waals surface area contributed by atoms with Crippen LogP contribution < -0.4 is 10.1 Å². The maximum atomic E-state index is 14.6. The van der Waals surface area contributed by atoms with Crippen LogP contribution in [-0.4, -0.2) is 52.0 Å². The normalized spacial score (nSPS) is 27.0. The van der Waals surface area contributed by atoms with Gasteiger partial charge in [-0.05, 0) is 49.1 Å². The van der Waals surface area contributed by atoms with Crippen LogP contribution in [0, 0.1) is 24.2 Å². The third kappa shape index (κ3) is 3.71. The predicted octanol–water partition coefficient (Wildman–Crippen LogP) is 4.54. The van der Waals surface area contributed by atoms with Gasteiger partial charge in [0.1, 0.15) is 24.4 Å². The van der Waals surface area contributed by atoms with Crippen LogP contribution in [0.4, 0.5) is 4.39 Å². The number of imide groups is 1. The Morgan fingerprint density at radius 3 is 2.69 bits per heavy atom. The van der Waals surface area contributed by atoms with Gasteiger partial charge in [-0.3, -0.25) is 14.5 Å². The number of hydrogen-bond donors (Lipinski definition) is 1. The van der Waals surface area contributed by atoms with Crippen molar-refractivity contribution >= 4 is 45.0 Å². The fourth-order valence-electron chi connectivity index (χ4n) is 5.63. The van der Waals surface area contributed by atoms with Crippen molar-refractivity contribution in [2.24, 2.45) is 17.3 Å². The summed E-state index contributed by atoms with van der Waals surface area (Å²) >= 11 is 7.86. The number of carbonyl (C=O) groups is 2. The van der Waals surface area contributed by atoms with E-state index >= 15 is 0 Å². The molecule has 3 aliphatic rings. The summed E-state index contributed by atoms with van der Waals surface area (Å²) in [6.07, 6.45) is 0.346. The minimum Gasteiger partial charge on any atom is -0.486 e. The number of halogens is 2. The molecule has 3 aromatic rings. The molecule has 2 amide bonds. The second-order valence-electron chi connectivity index (χ2n) is 10.5. The van der Waals surface area contributed by atoms with Crippen molar-refractivity contribution in [2.45, 2.75) is 46.0 Å². The number of rotatable bonds is 5. The monoisotopic (exact) mass is 528 g/mol. The molecular weight excluding hydrogens is 503 g/mol. The van der Waals surface area contributed by atoms with E-state index in [0.717, 1.165) is 15.1 Å². The minimum absolute atomic E-state index is 0.0948. The van der Waals surface area contributed by atoms with Crippen LogP contribution in [-0.2, 0) is 16.1 Å². The van der Waals surface area contributed by atoms with E-state index in [1.54, 1.807) is 12.1 Å². The van der Waals surface area contributed by atoms with Gasteiger partial charge in [-0.2, -0.15) is 0 Å². The summed E-state index contributed by atoms with van der Waals surface area (Å²) in [6.45, 7) is 6.99. The smallest absolute Gasteiger partial charge is 0.234 e. The predicted molar refractivity (Wildman–Crippen MR) is 136 cm³/mol. The van der Waals surface area contributed by atoms with Gasteiger partial charge in [0, 0.05) is 22.0 Å². The van der Waals surface area contributed by atoms with Gasteiger partial charge in [-0.1, -0.05) is 25.4 Å². The van der Waals surface area contributed by atoms with Gasteiger partial charge >= 0.3 is 0 Å². The van der Waals surface area contributed by atoms with Gasteiger partial charge in [-0.25, -0.2) is 14.4 Å². The molecule has 7 nitrogen and oxygen atoms in total.